The molecule has 0 amide bonds. The maximum Gasteiger partial charge on any atom is 0.134 e. The molecule has 2 atom stereocenters. The Hall–Kier alpha value is -1.13. The number of rotatable bonds is 3. The molecular weight excluding hydrogens is 221 g/mol. The Balaban J connectivity index is 2.36. The second-order valence-electron chi connectivity index (χ2n) is 4.56. The standard InChI is InChI=1S/C13H18FNO2/c1-3-13(8-16-2)7-11(15)10-5-4-9(14)6-12(10)17-13/h4-6,11H,3,7-8,15H2,1-2H3/t11-,13?/m1/s1. The molecule has 1 aliphatic heterocycles. The number of fused-ring (bicyclic) bond motifs is 1. The van der Waals surface area contributed by atoms with Crippen LogP contribution in [0.1, 0.15) is 31.4 Å². The highest BCUT2D eigenvalue weighted by molar-refractivity contribution is 5.39. The summed E-state index contributed by atoms with van der Waals surface area (Å²) in [5, 5.41) is 0. The van der Waals surface area contributed by atoms with E-state index in [9.17, 15) is 4.39 Å². The van der Waals surface area contributed by atoms with Gasteiger partial charge in [-0.2, -0.15) is 0 Å². The largest absolute Gasteiger partial charge is 0.484 e. The van der Waals surface area contributed by atoms with Crippen molar-refractivity contribution in [2.24, 2.45) is 5.73 Å². The second-order valence-corrected chi connectivity index (χ2v) is 4.56. The average Bonchev–Trinajstić information content (AvgIpc) is 2.28. The van der Waals surface area contributed by atoms with Crippen LogP contribution in [0.2, 0.25) is 0 Å². The minimum Gasteiger partial charge on any atom is -0.484 e. The first-order valence-electron chi connectivity index (χ1n) is 5.83. The highest BCUT2D eigenvalue weighted by Gasteiger charge is 2.38. The quantitative estimate of drug-likeness (QED) is 0.881. The summed E-state index contributed by atoms with van der Waals surface area (Å²) in [7, 11) is 1.63. The van der Waals surface area contributed by atoms with Gasteiger partial charge in [0.05, 0.1) is 6.61 Å². The summed E-state index contributed by atoms with van der Waals surface area (Å²) >= 11 is 0. The fraction of sp³-hybridized carbons (Fsp3) is 0.538. The number of nitrogens with two attached hydrogens (primary N) is 1. The zero-order valence-corrected chi connectivity index (χ0v) is 10.2. The summed E-state index contributed by atoms with van der Waals surface area (Å²) in [5.74, 6) is 0.239. The monoisotopic (exact) mass is 239 g/mol. The Kier molecular flexibility index (Phi) is 3.35. The zero-order chi connectivity index (χ0) is 12.5. The Labute approximate surface area is 101 Å². The third kappa shape index (κ3) is 2.28. The molecule has 2 N–H and O–H groups in total. The van der Waals surface area contributed by atoms with E-state index in [2.05, 4.69) is 0 Å². The Bertz CT molecular complexity index is 410. The molecule has 4 heteroatoms. The van der Waals surface area contributed by atoms with Crippen molar-refractivity contribution in [3.05, 3.63) is 29.6 Å². The molecule has 1 aliphatic rings. The van der Waals surface area contributed by atoms with Gasteiger partial charge in [-0.3, -0.25) is 0 Å². The molecule has 0 saturated heterocycles. The molecule has 2 rings (SSSR count). The molecule has 1 aromatic rings. The molecular formula is C13H18FNO2. The first kappa shape index (κ1) is 12.3. The van der Waals surface area contributed by atoms with E-state index in [0.29, 0.717) is 18.8 Å². The van der Waals surface area contributed by atoms with Gasteiger partial charge >= 0.3 is 0 Å². The van der Waals surface area contributed by atoms with E-state index in [1.54, 1.807) is 13.2 Å². The summed E-state index contributed by atoms with van der Waals surface area (Å²) in [5.41, 5.74) is 6.55. The van der Waals surface area contributed by atoms with Gasteiger partial charge in [0.15, 0.2) is 0 Å². The summed E-state index contributed by atoms with van der Waals surface area (Å²) in [6.45, 7) is 2.49. The SMILES string of the molecule is CCC1(COC)C[C@@H](N)c2ccc(F)cc2O1. The molecule has 1 aromatic carbocycles. The van der Waals surface area contributed by atoms with Crippen molar-refractivity contribution >= 4 is 0 Å². The number of methoxy groups -OCH3 is 1. The van der Waals surface area contributed by atoms with Crippen LogP contribution >= 0.6 is 0 Å². The summed E-state index contributed by atoms with van der Waals surface area (Å²) in [6.07, 6.45) is 1.47. The lowest BCUT2D eigenvalue weighted by atomic mass is 9.86. The fourth-order valence-corrected chi connectivity index (χ4v) is 2.36. The highest BCUT2D eigenvalue weighted by Crippen LogP contribution is 2.40. The van der Waals surface area contributed by atoms with Crippen LogP contribution in [0.25, 0.3) is 0 Å². The summed E-state index contributed by atoms with van der Waals surface area (Å²) in [6, 6.07) is 4.38. The molecule has 94 valence electrons. The van der Waals surface area contributed by atoms with Crippen molar-refractivity contribution in [3.8, 4) is 5.75 Å². The van der Waals surface area contributed by atoms with Gasteiger partial charge < -0.3 is 15.2 Å². The molecule has 0 aliphatic carbocycles. The maximum absolute atomic E-state index is 13.2. The van der Waals surface area contributed by atoms with E-state index >= 15 is 0 Å². The minimum atomic E-state index is -0.436. The molecule has 17 heavy (non-hydrogen) atoms. The van der Waals surface area contributed by atoms with E-state index in [1.165, 1.54) is 12.1 Å². The average molecular weight is 239 g/mol. The van der Waals surface area contributed by atoms with Crippen molar-refractivity contribution in [2.75, 3.05) is 13.7 Å². The lowest BCUT2D eigenvalue weighted by Crippen LogP contribution is -2.46. The Morgan fingerprint density at radius 2 is 2.35 bits per heavy atom. The van der Waals surface area contributed by atoms with Crippen LogP contribution in [0.5, 0.6) is 5.75 Å². The van der Waals surface area contributed by atoms with Gasteiger partial charge in [0.25, 0.3) is 0 Å². The van der Waals surface area contributed by atoms with Gasteiger partial charge in [-0.05, 0) is 12.5 Å². The molecule has 0 bridgehead atoms. The first-order chi connectivity index (χ1) is 8.10. The normalized spacial score (nSPS) is 27.4. The van der Waals surface area contributed by atoms with Crippen LogP contribution in [0, 0.1) is 5.82 Å². The van der Waals surface area contributed by atoms with Crippen molar-refractivity contribution in [2.45, 2.75) is 31.4 Å². The number of hydrogen-bond donors (Lipinski definition) is 1. The number of ether oxygens (including phenoxy) is 2. The molecule has 0 radical (unpaired) electrons. The summed E-state index contributed by atoms with van der Waals surface area (Å²) in [4.78, 5) is 0. The Morgan fingerprint density at radius 3 is 3.00 bits per heavy atom. The predicted octanol–water partition coefficient (Wildman–Crippen LogP) is 2.40. The fourth-order valence-electron chi connectivity index (χ4n) is 2.36. The van der Waals surface area contributed by atoms with Gasteiger partial charge in [-0.1, -0.05) is 13.0 Å². The van der Waals surface area contributed by atoms with Crippen LogP contribution in [0.4, 0.5) is 4.39 Å². The minimum absolute atomic E-state index is 0.130. The van der Waals surface area contributed by atoms with Crippen molar-refractivity contribution < 1.29 is 13.9 Å². The Morgan fingerprint density at radius 1 is 1.59 bits per heavy atom. The number of hydrogen-bond acceptors (Lipinski definition) is 3. The van der Waals surface area contributed by atoms with Gasteiger partial charge in [0.2, 0.25) is 0 Å². The van der Waals surface area contributed by atoms with Crippen LogP contribution in [-0.2, 0) is 4.74 Å². The molecule has 1 heterocycles. The van der Waals surface area contributed by atoms with Crippen LogP contribution < -0.4 is 10.5 Å². The molecule has 0 saturated carbocycles. The molecule has 1 unspecified atom stereocenters. The number of benzene rings is 1. The molecule has 3 nitrogen and oxygen atoms in total. The molecule has 0 fully saturated rings. The van der Waals surface area contributed by atoms with E-state index in [0.717, 1.165) is 12.0 Å². The molecule has 0 aromatic heterocycles. The first-order valence-corrected chi connectivity index (χ1v) is 5.83. The third-order valence-corrected chi connectivity index (χ3v) is 3.35. The van der Waals surface area contributed by atoms with E-state index < -0.39 is 5.60 Å². The summed E-state index contributed by atoms with van der Waals surface area (Å²) < 4.78 is 24.3. The third-order valence-electron chi connectivity index (χ3n) is 3.35. The van der Waals surface area contributed by atoms with E-state index in [1.807, 2.05) is 6.92 Å². The highest BCUT2D eigenvalue weighted by atomic mass is 19.1. The van der Waals surface area contributed by atoms with Crippen molar-refractivity contribution in [3.63, 3.8) is 0 Å². The van der Waals surface area contributed by atoms with Crippen molar-refractivity contribution in [1.82, 2.24) is 0 Å². The van der Waals surface area contributed by atoms with Gasteiger partial charge in [0, 0.05) is 31.2 Å². The maximum atomic E-state index is 13.2. The van der Waals surface area contributed by atoms with E-state index in [-0.39, 0.29) is 11.9 Å². The van der Waals surface area contributed by atoms with Gasteiger partial charge in [0.1, 0.15) is 17.2 Å². The smallest absolute Gasteiger partial charge is 0.134 e. The number of halogens is 1. The van der Waals surface area contributed by atoms with E-state index in [4.69, 9.17) is 15.2 Å². The zero-order valence-electron chi connectivity index (χ0n) is 10.2. The lowest BCUT2D eigenvalue weighted by molar-refractivity contribution is -0.0339. The van der Waals surface area contributed by atoms with Crippen LogP contribution in [-0.4, -0.2) is 19.3 Å². The topological polar surface area (TPSA) is 44.5 Å². The van der Waals surface area contributed by atoms with Crippen LogP contribution in [0.3, 0.4) is 0 Å². The van der Waals surface area contributed by atoms with Crippen LogP contribution in [0.15, 0.2) is 18.2 Å². The lowest BCUT2D eigenvalue weighted by Gasteiger charge is -2.40. The molecule has 0 spiro atoms. The second kappa shape index (κ2) is 4.63. The van der Waals surface area contributed by atoms with Gasteiger partial charge in [-0.15, -0.1) is 0 Å². The van der Waals surface area contributed by atoms with Crippen molar-refractivity contribution in [1.29, 1.82) is 0 Å². The van der Waals surface area contributed by atoms with Gasteiger partial charge in [-0.25, -0.2) is 4.39 Å². The predicted molar refractivity (Wildman–Crippen MR) is 63.5 cm³/mol.